The number of pyridine rings is 2. The Bertz CT molecular complexity index is 1760. The van der Waals surface area contributed by atoms with Crippen LogP contribution in [0.1, 0.15) is 32.1 Å². The molecular weight excluding hydrogens is 492 g/mol. The van der Waals surface area contributed by atoms with E-state index in [0.717, 1.165) is 70.3 Å². The quantitative estimate of drug-likeness (QED) is 0.221. The van der Waals surface area contributed by atoms with Crippen molar-refractivity contribution >= 4 is 44.9 Å². The van der Waals surface area contributed by atoms with Gasteiger partial charge in [0.1, 0.15) is 11.2 Å². The van der Waals surface area contributed by atoms with Gasteiger partial charge in [-0.3, -0.25) is 14.9 Å². The maximum atomic E-state index is 12.8. The second-order valence-corrected chi connectivity index (χ2v) is 10.8. The molecule has 0 aliphatic heterocycles. The van der Waals surface area contributed by atoms with Crippen molar-refractivity contribution in [2.45, 2.75) is 32.1 Å². The Morgan fingerprint density at radius 2 is 1.89 bits per heavy atom. The molecule has 0 bridgehead atoms. The fourth-order valence-electron chi connectivity index (χ4n) is 5.43. The van der Waals surface area contributed by atoms with Crippen molar-refractivity contribution in [3.8, 4) is 33.1 Å². The van der Waals surface area contributed by atoms with Crippen LogP contribution >= 0.6 is 11.3 Å². The van der Waals surface area contributed by atoms with Crippen LogP contribution in [0.2, 0.25) is 0 Å². The summed E-state index contributed by atoms with van der Waals surface area (Å²) >= 11 is 1.73. The van der Waals surface area contributed by atoms with E-state index < -0.39 is 0 Å². The van der Waals surface area contributed by atoms with Gasteiger partial charge in [0.25, 0.3) is 0 Å². The van der Waals surface area contributed by atoms with E-state index in [1.165, 1.54) is 16.9 Å². The summed E-state index contributed by atoms with van der Waals surface area (Å²) in [6.07, 6.45) is 8.87. The molecule has 38 heavy (non-hydrogen) atoms. The van der Waals surface area contributed by atoms with E-state index in [4.69, 9.17) is 4.98 Å². The largest absolute Gasteiger partial charge is 0.353 e. The van der Waals surface area contributed by atoms with Crippen LogP contribution < -0.4 is 5.32 Å². The summed E-state index contributed by atoms with van der Waals surface area (Å²) in [6, 6.07) is 18.6. The third kappa shape index (κ3) is 4.16. The van der Waals surface area contributed by atoms with Crippen LogP contribution in [0.5, 0.6) is 0 Å². The van der Waals surface area contributed by atoms with E-state index in [9.17, 15) is 4.79 Å². The maximum Gasteiger partial charge on any atom is 0.227 e. The molecule has 1 amide bonds. The Balaban J connectivity index is 1.23. The van der Waals surface area contributed by atoms with Gasteiger partial charge < -0.3 is 10.3 Å². The highest BCUT2D eigenvalue weighted by Crippen LogP contribution is 2.36. The van der Waals surface area contributed by atoms with Gasteiger partial charge in [-0.05, 0) is 54.6 Å². The number of aromatic nitrogens is 5. The number of aromatic amines is 2. The number of amides is 1. The zero-order valence-corrected chi connectivity index (χ0v) is 21.5. The van der Waals surface area contributed by atoms with Crippen molar-refractivity contribution in [1.82, 2.24) is 25.1 Å². The number of rotatable bonds is 5. The highest BCUT2D eigenvalue weighted by molar-refractivity contribution is 7.13. The lowest BCUT2D eigenvalue weighted by molar-refractivity contribution is -0.120. The molecule has 1 aliphatic carbocycles. The zero-order valence-electron chi connectivity index (χ0n) is 20.7. The van der Waals surface area contributed by atoms with Gasteiger partial charge in [0.15, 0.2) is 0 Å². The Hall–Kier alpha value is -4.30. The van der Waals surface area contributed by atoms with E-state index in [0.29, 0.717) is 5.69 Å². The van der Waals surface area contributed by atoms with Crippen LogP contribution in [0.3, 0.4) is 0 Å². The number of H-pyrrole nitrogens is 2. The monoisotopic (exact) mass is 518 g/mol. The molecule has 1 aromatic carbocycles. The third-order valence-electron chi connectivity index (χ3n) is 7.39. The molecule has 0 saturated heterocycles. The van der Waals surface area contributed by atoms with Crippen molar-refractivity contribution in [3.05, 3.63) is 72.4 Å². The Morgan fingerprint density at radius 3 is 2.76 bits per heavy atom. The van der Waals surface area contributed by atoms with Crippen molar-refractivity contribution in [1.29, 1.82) is 0 Å². The first-order valence-electron chi connectivity index (χ1n) is 13.0. The summed E-state index contributed by atoms with van der Waals surface area (Å²) < 4.78 is 0. The number of hydrogen-bond acceptors (Lipinski definition) is 5. The van der Waals surface area contributed by atoms with E-state index in [-0.39, 0.29) is 11.8 Å². The molecule has 0 radical (unpaired) electrons. The average molecular weight is 519 g/mol. The second kappa shape index (κ2) is 9.54. The van der Waals surface area contributed by atoms with Gasteiger partial charge in [0.05, 0.1) is 28.8 Å². The highest BCUT2D eigenvalue weighted by Gasteiger charge is 2.21. The number of anilines is 1. The number of benzene rings is 1. The molecule has 0 spiro atoms. The Kier molecular flexibility index (Phi) is 5.74. The predicted molar refractivity (Wildman–Crippen MR) is 153 cm³/mol. The van der Waals surface area contributed by atoms with Crippen LogP contribution in [0.4, 0.5) is 5.69 Å². The third-order valence-corrected chi connectivity index (χ3v) is 8.29. The molecule has 6 aromatic rings. The van der Waals surface area contributed by atoms with E-state index >= 15 is 0 Å². The fourth-order valence-corrected chi connectivity index (χ4v) is 6.20. The summed E-state index contributed by atoms with van der Waals surface area (Å²) in [5.74, 6) is 0.178. The number of nitrogens with one attached hydrogen (secondary N) is 3. The summed E-state index contributed by atoms with van der Waals surface area (Å²) in [4.78, 5) is 26.9. The first-order chi connectivity index (χ1) is 18.7. The summed E-state index contributed by atoms with van der Waals surface area (Å²) in [5.41, 5.74) is 7.89. The highest BCUT2D eigenvalue weighted by atomic mass is 32.1. The SMILES string of the molecule is O=C(Nc1cncc(-c2ccc3[nH]nc(-c4cc5c(-c6cccs6)cccc5[nH]4)c3n2)c1)C1CCCCC1. The molecule has 3 N–H and O–H groups in total. The molecular formula is C30H26N6OS. The van der Waals surface area contributed by atoms with Crippen molar-refractivity contribution in [2.24, 2.45) is 5.92 Å². The summed E-state index contributed by atoms with van der Waals surface area (Å²) in [7, 11) is 0. The molecule has 8 heteroatoms. The number of carbonyl (C=O) groups excluding carboxylic acids is 1. The molecule has 1 fully saturated rings. The lowest BCUT2D eigenvalue weighted by Gasteiger charge is -2.20. The van der Waals surface area contributed by atoms with Gasteiger partial charge in [0.2, 0.25) is 5.91 Å². The van der Waals surface area contributed by atoms with Crippen molar-refractivity contribution < 1.29 is 4.79 Å². The average Bonchev–Trinajstić information content (AvgIpc) is 3.73. The van der Waals surface area contributed by atoms with E-state index in [2.05, 4.69) is 67.3 Å². The molecule has 0 unspecified atom stereocenters. The normalized spacial score (nSPS) is 14.3. The molecule has 1 saturated carbocycles. The number of carbonyl (C=O) groups is 1. The maximum absolute atomic E-state index is 12.8. The molecule has 1 aliphatic rings. The fraction of sp³-hybridized carbons (Fsp3) is 0.200. The van der Waals surface area contributed by atoms with Crippen LogP contribution in [0.15, 0.2) is 72.4 Å². The van der Waals surface area contributed by atoms with Crippen molar-refractivity contribution in [2.75, 3.05) is 5.32 Å². The first-order valence-corrected chi connectivity index (χ1v) is 13.9. The molecule has 5 aromatic heterocycles. The van der Waals surface area contributed by atoms with Gasteiger partial charge in [-0.25, -0.2) is 4.98 Å². The van der Waals surface area contributed by atoms with E-state index in [1.807, 2.05) is 18.2 Å². The van der Waals surface area contributed by atoms with Gasteiger partial charge in [-0.2, -0.15) is 5.10 Å². The van der Waals surface area contributed by atoms with Crippen LogP contribution in [-0.2, 0) is 4.79 Å². The predicted octanol–water partition coefficient (Wildman–Crippen LogP) is 7.42. The molecule has 0 atom stereocenters. The van der Waals surface area contributed by atoms with Gasteiger partial charge in [-0.1, -0.05) is 37.5 Å². The van der Waals surface area contributed by atoms with Crippen LogP contribution in [-0.4, -0.2) is 31.1 Å². The van der Waals surface area contributed by atoms with E-state index in [1.54, 1.807) is 23.7 Å². The second-order valence-electron chi connectivity index (χ2n) is 9.88. The van der Waals surface area contributed by atoms with Gasteiger partial charge in [-0.15, -0.1) is 11.3 Å². The topological polar surface area (TPSA) is 99.4 Å². The lowest BCUT2D eigenvalue weighted by Crippen LogP contribution is -2.24. The summed E-state index contributed by atoms with van der Waals surface area (Å²) in [6.45, 7) is 0. The lowest BCUT2D eigenvalue weighted by atomic mass is 9.88. The van der Waals surface area contributed by atoms with Crippen molar-refractivity contribution in [3.63, 3.8) is 0 Å². The van der Waals surface area contributed by atoms with Crippen LogP contribution in [0.25, 0.3) is 55.0 Å². The van der Waals surface area contributed by atoms with Crippen LogP contribution in [0, 0.1) is 5.92 Å². The minimum atomic E-state index is 0.0879. The minimum Gasteiger partial charge on any atom is -0.353 e. The molecule has 7 rings (SSSR count). The van der Waals surface area contributed by atoms with Gasteiger partial charge in [0, 0.05) is 39.0 Å². The molecule has 188 valence electrons. The van der Waals surface area contributed by atoms with Gasteiger partial charge >= 0.3 is 0 Å². The number of hydrogen-bond donors (Lipinski definition) is 3. The minimum absolute atomic E-state index is 0.0879. The zero-order chi connectivity index (χ0) is 25.5. The number of thiophene rings is 1. The number of nitrogens with zero attached hydrogens (tertiary/aromatic N) is 3. The first kappa shape index (κ1) is 22.9. The summed E-state index contributed by atoms with van der Waals surface area (Å²) in [5, 5.41) is 14.1. The smallest absolute Gasteiger partial charge is 0.227 e. The molecule has 5 heterocycles. The number of fused-ring (bicyclic) bond motifs is 2. The standard InChI is InChI=1S/C30H26N6OS/c37-30(18-6-2-1-3-7-18)32-20-14-19(16-31-17-20)23-11-12-25-28(34-23)29(36-35-25)26-15-22-21(27-10-5-13-38-27)8-4-9-24(22)33-26/h4-5,8-18,33H,1-3,6-7H2,(H,32,37)(H,35,36). The molecule has 7 nitrogen and oxygen atoms in total. The Labute approximate surface area is 223 Å². The Morgan fingerprint density at radius 1 is 0.974 bits per heavy atom.